The summed E-state index contributed by atoms with van der Waals surface area (Å²) in [5.74, 6) is 1.66. The zero-order valence-electron chi connectivity index (χ0n) is 9.03. The molecule has 2 unspecified atom stereocenters. The summed E-state index contributed by atoms with van der Waals surface area (Å²) in [6, 6.07) is 0.604. The number of nitrogens with zero attached hydrogens (tertiary/aromatic N) is 2. The van der Waals surface area contributed by atoms with Crippen molar-refractivity contribution in [1.82, 2.24) is 15.6 Å². The van der Waals surface area contributed by atoms with Crippen LogP contribution in [0.15, 0.2) is 16.6 Å². The Bertz CT molecular complexity index is 333. The second-order valence-electron chi connectivity index (χ2n) is 3.82. The van der Waals surface area contributed by atoms with Gasteiger partial charge in [0.1, 0.15) is 5.01 Å². The fourth-order valence-corrected chi connectivity index (χ4v) is 1.95. The number of aliphatic imine (C=N–C) groups is 1. The van der Waals surface area contributed by atoms with Crippen LogP contribution in [-0.4, -0.2) is 24.0 Å². The van der Waals surface area contributed by atoms with Gasteiger partial charge in [0.2, 0.25) is 0 Å². The highest BCUT2D eigenvalue weighted by Crippen LogP contribution is 2.28. The van der Waals surface area contributed by atoms with Gasteiger partial charge in [-0.15, -0.1) is 11.3 Å². The van der Waals surface area contributed by atoms with Gasteiger partial charge in [-0.2, -0.15) is 0 Å². The van der Waals surface area contributed by atoms with E-state index in [1.54, 1.807) is 18.4 Å². The van der Waals surface area contributed by atoms with Crippen molar-refractivity contribution in [2.75, 3.05) is 7.05 Å². The van der Waals surface area contributed by atoms with Crippen LogP contribution in [0.5, 0.6) is 0 Å². The summed E-state index contributed by atoms with van der Waals surface area (Å²) in [5.41, 5.74) is 0. The number of nitrogens with one attached hydrogen (secondary N) is 2. The van der Waals surface area contributed by atoms with Crippen LogP contribution < -0.4 is 10.6 Å². The molecule has 0 bridgehead atoms. The third-order valence-corrected chi connectivity index (χ3v) is 3.33. The van der Waals surface area contributed by atoms with Crippen molar-refractivity contribution < 1.29 is 0 Å². The molecule has 2 rings (SSSR count). The van der Waals surface area contributed by atoms with Crippen LogP contribution >= 0.6 is 11.3 Å². The lowest BCUT2D eigenvalue weighted by Gasteiger charge is -2.09. The van der Waals surface area contributed by atoms with Crippen molar-refractivity contribution in [3.63, 3.8) is 0 Å². The SMILES string of the molecule is CN=C(NCc1nccs1)NC1CC1C. The van der Waals surface area contributed by atoms with Crippen LogP contribution in [0, 0.1) is 5.92 Å². The van der Waals surface area contributed by atoms with E-state index in [4.69, 9.17) is 0 Å². The number of rotatable bonds is 3. The first-order chi connectivity index (χ1) is 7.29. The van der Waals surface area contributed by atoms with E-state index in [-0.39, 0.29) is 0 Å². The summed E-state index contributed by atoms with van der Waals surface area (Å²) in [7, 11) is 1.80. The molecule has 0 radical (unpaired) electrons. The number of guanidine groups is 1. The molecule has 1 saturated carbocycles. The van der Waals surface area contributed by atoms with Gasteiger partial charge in [-0.25, -0.2) is 4.98 Å². The number of hydrogen-bond acceptors (Lipinski definition) is 3. The summed E-state index contributed by atoms with van der Waals surface area (Å²) >= 11 is 1.65. The Morgan fingerprint density at radius 1 is 1.73 bits per heavy atom. The molecule has 1 aromatic heterocycles. The molecule has 15 heavy (non-hydrogen) atoms. The van der Waals surface area contributed by atoms with E-state index in [0.29, 0.717) is 6.04 Å². The predicted molar refractivity (Wildman–Crippen MR) is 63.0 cm³/mol. The van der Waals surface area contributed by atoms with Gasteiger partial charge in [-0.3, -0.25) is 4.99 Å². The normalized spacial score (nSPS) is 25.1. The summed E-state index contributed by atoms with van der Waals surface area (Å²) in [4.78, 5) is 8.38. The van der Waals surface area contributed by atoms with Gasteiger partial charge in [0.05, 0.1) is 6.54 Å². The van der Waals surface area contributed by atoms with Crippen LogP contribution in [0.3, 0.4) is 0 Å². The zero-order valence-corrected chi connectivity index (χ0v) is 9.84. The van der Waals surface area contributed by atoms with Crippen LogP contribution in [0.25, 0.3) is 0 Å². The van der Waals surface area contributed by atoms with Crippen molar-refractivity contribution in [2.24, 2.45) is 10.9 Å². The molecule has 1 heterocycles. The number of hydrogen-bond donors (Lipinski definition) is 2. The molecule has 1 fully saturated rings. The molecule has 2 atom stereocenters. The minimum Gasteiger partial charge on any atom is -0.353 e. The highest BCUT2D eigenvalue weighted by molar-refractivity contribution is 7.09. The van der Waals surface area contributed by atoms with E-state index >= 15 is 0 Å². The minimum absolute atomic E-state index is 0.604. The van der Waals surface area contributed by atoms with E-state index in [0.717, 1.165) is 23.4 Å². The van der Waals surface area contributed by atoms with Crippen molar-refractivity contribution in [2.45, 2.75) is 25.9 Å². The Kier molecular flexibility index (Phi) is 3.20. The topological polar surface area (TPSA) is 49.3 Å². The van der Waals surface area contributed by atoms with Crippen molar-refractivity contribution in [1.29, 1.82) is 0 Å². The van der Waals surface area contributed by atoms with Crippen LogP contribution in [0.2, 0.25) is 0 Å². The second kappa shape index (κ2) is 4.61. The maximum atomic E-state index is 4.21. The smallest absolute Gasteiger partial charge is 0.191 e. The van der Waals surface area contributed by atoms with Crippen LogP contribution in [0.1, 0.15) is 18.4 Å². The first-order valence-electron chi connectivity index (χ1n) is 5.15. The summed E-state index contributed by atoms with van der Waals surface area (Å²) in [6.45, 7) is 2.99. The van der Waals surface area contributed by atoms with Crippen LogP contribution in [-0.2, 0) is 6.54 Å². The van der Waals surface area contributed by atoms with Gasteiger partial charge in [-0.05, 0) is 12.3 Å². The first kappa shape index (κ1) is 10.4. The van der Waals surface area contributed by atoms with Crippen molar-refractivity contribution >= 4 is 17.3 Å². The lowest BCUT2D eigenvalue weighted by molar-refractivity contribution is 0.762. The average molecular weight is 224 g/mol. The van der Waals surface area contributed by atoms with E-state index in [1.165, 1.54) is 6.42 Å². The highest BCUT2D eigenvalue weighted by Gasteiger charge is 2.33. The van der Waals surface area contributed by atoms with Gasteiger partial charge >= 0.3 is 0 Å². The second-order valence-corrected chi connectivity index (χ2v) is 4.79. The summed E-state index contributed by atoms with van der Waals surface area (Å²) in [5, 5.41) is 9.69. The van der Waals surface area contributed by atoms with E-state index in [1.807, 2.05) is 11.6 Å². The molecule has 1 aliphatic carbocycles. The average Bonchev–Trinajstić information content (AvgIpc) is 2.74. The van der Waals surface area contributed by atoms with E-state index in [9.17, 15) is 0 Å². The fourth-order valence-electron chi connectivity index (χ4n) is 1.39. The molecule has 82 valence electrons. The lowest BCUT2D eigenvalue weighted by Crippen LogP contribution is -2.38. The Morgan fingerprint density at radius 3 is 3.07 bits per heavy atom. The van der Waals surface area contributed by atoms with Gasteiger partial charge in [-0.1, -0.05) is 6.92 Å². The highest BCUT2D eigenvalue weighted by atomic mass is 32.1. The Hall–Kier alpha value is -1.10. The van der Waals surface area contributed by atoms with Crippen molar-refractivity contribution in [3.05, 3.63) is 16.6 Å². The van der Waals surface area contributed by atoms with Crippen LogP contribution in [0.4, 0.5) is 0 Å². The maximum absolute atomic E-state index is 4.21. The number of thiazole rings is 1. The minimum atomic E-state index is 0.604. The molecule has 4 nitrogen and oxygen atoms in total. The van der Waals surface area contributed by atoms with Crippen molar-refractivity contribution in [3.8, 4) is 0 Å². The largest absolute Gasteiger partial charge is 0.353 e. The molecular formula is C10H16N4S. The molecular weight excluding hydrogens is 208 g/mol. The summed E-state index contributed by atoms with van der Waals surface area (Å²) in [6.07, 6.45) is 3.07. The van der Waals surface area contributed by atoms with Gasteiger partial charge < -0.3 is 10.6 Å². The van der Waals surface area contributed by atoms with E-state index in [2.05, 4.69) is 27.5 Å². The molecule has 0 aliphatic heterocycles. The van der Waals surface area contributed by atoms with E-state index < -0.39 is 0 Å². The van der Waals surface area contributed by atoms with Gasteiger partial charge in [0.25, 0.3) is 0 Å². The van der Waals surface area contributed by atoms with Gasteiger partial charge in [0, 0.05) is 24.7 Å². The Balaban J connectivity index is 1.76. The third-order valence-electron chi connectivity index (χ3n) is 2.55. The molecule has 0 amide bonds. The Labute approximate surface area is 93.8 Å². The lowest BCUT2D eigenvalue weighted by atomic mass is 10.5. The fraction of sp³-hybridized carbons (Fsp3) is 0.600. The Morgan fingerprint density at radius 2 is 2.53 bits per heavy atom. The quantitative estimate of drug-likeness (QED) is 0.599. The maximum Gasteiger partial charge on any atom is 0.191 e. The van der Waals surface area contributed by atoms with Gasteiger partial charge in [0.15, 0.2) is 5.96 Å². The standard InChI is InChI=1S/C10H16N4S/c1-7-5-8(7)14-10(11-2)13-6-9-12-3-4-15-9/h3-4,7-8H,5-6H2,1-2H3,(H2,11,13,14). The molecule has 1 aliphatic rings. The summed E-state index contributed by atoms with van der Waals surface area (Å²) < 4.78 is 0. The molecule has 0 saturated heterocycles. The molecule has 0 spiro atoms. The predicted octanol–water partition coefficient (Wildman–Crippen LogP) is 1.22. The molecule has 0 aromatic carbocycles. The molecule has 1 aromatic rings. The zero-order chi connectivity index (χ0) is 10.7. The molecule has 2 N–H and O–H groups in total. The molecule has 5 heteroatoms. The first-order valence-corrected chi connectivity index (χ1v) is 6.03. The third kappa shape index (κ3) is 2.92. The number of aromatic nitrogens is 1. The monoisotopic (exact) mass is 224 g/mol.